The summed E-state index contributed by atoms with van der Waals surface area (Å²) in [6, 6.07) is 6.61. The van der Waals surface area contributed by atoms with Crippen LogP contribution in [0.1, 0.15) is 28.2 Å². The van der Waals surface area contributed by atoms with Crippen molar-refractivity contribution in [1.29, 1.82) is 0 Å². The predicted molar refractivity (Wildman–Crippen MR) is 85.9 cm³/mol. The Bertz CT molecular complexity index is 820. The van der Waals surface area contributed by atoms with Crippen LogP contribution in [0.25, 0.3) is 0 Å². The minimum absolute atomic E-state index is 0.0632. The van der Waals surface area contributed by atoms with E-state index in [1.54, 1.807) is 0 Å². The van der Waals surface area contributed by atoms with Crippen molar-refractivity contribution in [2.45, 2.75) is 19.5 Å². The number of rotatable bonds is 5. The van der Waals surface area contributed by atoms with Crippen LogP contribution in [-0.4, -0.2) is 23.3 Å². The molecule has 9 heteroatoms. The van der Waals surface area contributed by atoms with Gasteiger partial charge in [-0.15, -0.1) is 0 Å². The molecule has 2 rings (SSSR count). The normalized spacial score (nSPS) is 11.3. The average molecular weight is 369 g/mol. The molecule has 0 bridgehead atoms. The molecule has 0 unspecified atom stereocenters. The molecule has 5 nitrogen and oxygen atoms in total. The molecule has 0 aliphatic rings. The van der Waals surface area contributed by atoms with E-state index in [1.807, 2.05) is 0 Å². The van der Waals surface area contributed by atoms with Gasteiger partial charge < -0.3 is 10.6 Å². The number of benzene rings is 1. The first-order chi connectivity index (χ1) is 12.1. The molecule has 0 fully saturated rings. The first-order valence-corrected chi connectivity index (χ1v) is 7.50. The van der Waals surface area contributed by atoms with E-state index >= 15 is 0 Å². The highest BCUT2D eigenvalue weighted by Gasteiger charge is 2.33. The van der Waals surface area contributed by atoms with Crippen molar-refractivity contribution in [3.63, 3.8) is 0 Å². The highest BCUT2D eigenvalue weighted by molar-refractivity contribution is 6.07. The predicted octanol–water partition coefficient (Wildman–Crippen LogP) is 3.07. The number of nitrogens with two attached hydrogens (primary N) is 1. The van der Waals surface area contributed by atoms with Gasteiger partial charge in [0.05, 0.1) is 11.3 Å². The van der Waals surface area contributed by atoms with Gasteiger partial charge >= 0.3 is 6.18 Å². The van der Waals surface area contributed by atoms with Gasteiger partial charge in [-0.05, 0) is 43.3 Å². The molecule has 2 amide bonds. The fraction of sp³-hybridized carbons (Fsp3) is 0.235. The Balaban J connectivity index is 2.39. The lowest BCUT2D eigenvalue weighted by Crippen LogP contribution is -2.34. The molecule has 2 N–H and O–H groups in total. The molecule has 0 atom stereocenters. The maximum absolute atomic E-state index is 13.1. The number of pyridine rings is 1. The van der Waals surface area contributed by atoms with Crippen molar-refractivity contribution in [3.8, 4) is 0 Å². The van der Waals surface area contributed by atoms with Gasteiger partial charge in [0.25, 0.3) is 5.91 Å². The largest absolute Gasteiger partial charge is 0.433 e. The Morgan fingerprint density at radius 3 is 2.23 bits per heavy atom. The third-order valence-electron chi connectivity index (χ3n) is 3.57. The zero-order chi connectivity index (χ0) is 19.5. The minimum atomic E-state index is -4.63. The molecular weight excluding hydrogens is 354 g/mol. The Hall–Kier alpha value is -2.97. The fourth-order valence-electron chi connectivity index (χ4n) is 2.28. The molecule has 138 valence electrons. The molecule has 1 heterocycles. The van der Waals surface area contributed by atoms with Gasteiger partial charge in [0.1, 0.15) is 11.5 Å². The molecule has 0 saturated carbocycles. The van der Waals surface area contributed by atoms with Gasteiger partial charge in [-0.1, -0.05) is 0 Å². The number of aromatic nitrogens is 1. The monoisotopic (exact) mass is 369 g/mol. The number of carbonyl (C=O) groups is 2. The summed E-state index contributed by atoms with van der Waals surface area (Å²) in [5.74, 6) is -1.85. The topological polar surface area (TPSA) is 76.3 Å². The summed E-state index contributed by atoms with van der Waals surface area (Å²) in [4.78, 5) is 28.4. The summed E-state index contributed by atoms with van der Waals surface area (Å²) >= 11 is 0. The van der Waals surface area contributed by atoms with E-state index in [1.165, 1.54) is 19.1 Å². The molecule has 26 heavy (non-hydrogen) atoms. The number of aryl methyl sites for hydroxylation is 1. The van der Waals surface area contributed by atoms with Crippen LogP contribution < -0.4 is 10.6 Å². The van der Waals surface area contributed by atoms with Crippen molar-refractivity contribution in [1.82, 2.24) is 4.98 Å². The van der Waals surface area contributed by atoms with Crippen LogP contribution in [0.2, 0.25) is 0 Å². The average Bonchev–Trinajstić information content (AvgIpc) is 2.55. The van der Waals surface area contributed by atoms with Crippen LogP contribution in [0.15, 0.2) is 36.4 Å². The lowest BCUT2D eigenvalue weighted by Gasteiger charge is -2.23. The van der Waals surface area contributed by atoms with Crippen molar-refractivity contribution in [2.24, 2.45) is 5.73 Å². The molecule has 1 aromatic heterocycles. The first-order valence-electron chi connectivity index (χ1n) is 7.50. The number of amides is 2. The Labute approximate surface area is 146 Å². The standard InChI is InChI=1S/C17H15F4N3O2/c1-10-13(6-7-14(23-10)17(19,20)21)16(26)24(9-8-15(22)25)12-4-2-11(18)3-5-12/h2-7H,8-9H2,1H3,(H2,22,25). The van der Waals surface area contributed by atoms with E-state index in [-0.39, 0.29) is 29.9 Å². The van der Waals surface area contributed by atoms with E-state index < -0.39 is 29.5 Å². The van der Waals surface area contributed by atoms with E-state index in [4.69, 9.17) is 5.73 Å². The Morgan fingerprint density at radius 1 is 1.12 bits per heavy atom. The molecule has 1 aromatic carbocycles. The molecule has 0 aliphatic heterocycles. The van der Waals surface area contributed by atoms with Crippen LogP contribution in [0.5, 0.6) is 0 Å². The van der Waals surface area contributed by atoms with Crippen molar-refractivity contribution in [2.75, 3.05) is 11.4 Å². The second-order valence-electron chi connectivity index (χ2n) is 5.48. The summed E-state index contributed by atoms with van der Waals surface area (Å²) in [5, 5.41) is 0. The molecule has 0 radical (unpaired) electrons. The maximum Gasteiger partial charge on any atom is 0.433 e. The Kier molecular flexibility index (Phi) is 5.59. The van der Waals surface area contributed by atoms with Gasteiger partial charge in [0.2, 0.25) is 5.91 Å². The number of nitrogens with zero attached hydrogens (tertiary/aromatic N) is 2. The smallest absolute Gasteiger partial charge is 0.370 e. The number of alkyl halides is 3. The fourth-order valence-corrected chi connectivity index (χ4v) is 2.28. The van der Waals surface area contributed by atoms with Crippen LogP contribution in [0, 0.1) is 12.7 Å². The first kappa shape index (κ1) is 19.4. The van der Waals surface area contributed by atoms with Gasteiger partial charge in [0, 0.05) is 18.7 Å². The lowest BCUT2D eigenvalue weighted by atomic mass is 10.1. The maximum atomic E-state index is 13.1. The molecule has 0 saturated heterocycles. The number of halogens is 4. The van der Waals surface area contributed by atoms with Crippen molar-refractivity contribution >= 4 is 17.5 Å². The summed E-state index contributed by atoms with van der Waals surface area (Å²) in [5.41, 5.74) is 4.09. The second-order valence-corrected chi connectivity index (χ2v) is 5.48. The SMILES string of the molecule is Cc1nc(C(F)(F)F)ccc1C(=O)N(CCC(N)=O)c1ccc(F)cc1. The van der Waals surface area contributed by atoms with Gasteiger partial charge in [-0.3, -0.25) is 9.59 Å². The number of anilines is 1. The summed E-state index contributed by atoms with van der Waals surface area (Å²) in [6.45, 7) is 1.17. The molecule has 0 spiro atoms. The van der Waals surface area contributed by atoms with Crippen LogP contribution in [0.4, 0.5) is 23.2 Å². The van der Waals surface area contributed by atoms with E-state index in [2.05, 4.69) is 4.98 Å². The van der Waals surface area contributed by atoms with Crippen molar-refractivity contribution < 1.29 is 27.2 Å². The van der Waals surface area contributed by atoms with Gasteiger partial charge in [0.15, 0.2) is 0 Å². The van der Waals surface area contributed by atoms with Gasteiger partial charge in [-0.25, -0.2) is 9.37 Å². The van der Waals surface area contributed by atoms with E-state index in [9.17, 15) is 27.2 Å². The minimum Gasteiger partial charge on any atom is -0.370 e. The number of primary amides is 1. The quantitative estimate of drug-likeness (QED) is 0.823. The van der Waals surface area contributed by atoms with Crippen LogP contribution in [0.3, 0.4) is 0 Å². The highest BCUT2D eigenvalue weighted by atomic mass is 19.4. The summed E-state index contributed by atoms with van der Waals surface area (Å²) in [7, 11) is 0. The third-order valence-corrected chi connectivity index (χ3v) is 3.57. The van der Waals surface area contributed by atoms with E-state index in [0.29, 0.717) is 6.07 Å². The Morgan fingerprint density at radius 2 is 1.73 bits per heavy atom. The zero-order valence-corrected chi connectivity index (χ0v) is 13.7. The summed E-state index contributed by atoms with van der Waals surface area (Å²) in [6.07, 6.45) is -4.80. The molecule has 0 aliphatic carbocycles. The van der Waals surface area contributed by atoms with Crippen LogP contribution >= 0.6 is 0 Å². The lowest BCUT2D eigenvalue weighted by molar-refractivity contribution is -0.141. The zero-order valence-electron chi connectivity index (χ0n) is 13.7. The number of carbonyl (C=O) groups excluding carboxylic acids is 2. The van der Waals surface area contributed by atoms with Gasteiger partial charge in [-0.2, -0.15) is 13.2 Å². The number of hydrogen-bond donors (Lipinski definition) is 1. The second kappa shape index (κ2) is 7.51. The van der Waals surface area contributed by atoms with E-state index in [0.717, 1.165) is 23.1 Å². The molecule has 2 aromatic rings. The third kappa shape index (κ3) is 4.56. The van der Waals surface area contributed by atoms with Crippen LogP contribution in [-0.2, 0) is 11.0 Å². The van der Waals surface area contributed by atoms with Crippen molar-refractivity contribution in [3.05, 3.63) is 59.2 Å². The summed E-state index contributed by atoms with van der Waals surface area (Å²) < 4.78 is 51.3. The number of hydrogen-bond acceptors (Lipinski definition) is 3. The molecular formula is C17H15F4N3O2. The highest BCUT2D eigenvalue weighted by Crippen LogP contribution is 2.29.